The van der Waals surface area contributed by atoms with E-state index in [4.69, 9.17) is 18.9 Å². The molecule has 2 heterocycles. The highest BCUT2D eigenvalue weighted by atomic mass is 16.6. The van der Waals surface area contributed by atoms with Crippen molar-refractivity contribution in [2.75, 3.05) is 13.2 Å². The number of carbonyl (C=O) groups is 3. The molecule has 0 aromatic heterocycles. The molecule has 3 aliphatic carbocycles. The minimum absolute atomic E-state index is 0.0414. The van der Waals surface area contributed by atoms with E-state index >= 15 is 0 Å². The molecular formula is C29H34O11. The summed E-state index contributed by atoms with van der Waals surface area (Å²) in [6, 6.07) is 8.14. The Bertz CT molecular complexity index is 1320. The summed E-state index contributed by atoms with van der Waals surface area (Å²) in [5.41, 5.74) is -9.14. The molecule has 0 radical (unpaired) electrons. The minimum Gasteiger partial charge on any atom is -0.462 e. The third-order valence-electron chi connectivity index (χ3n) is 10.3. The molecule has 11 nitrogen and oxygen atoms in total. The molecule has 2 aliphatic heterocycles. The Balaban J connectivity index is 1.69. The van der Waals surface area contributed by atoms with Crippen LogP contribution in [-0.4, -0.2) is 92.8 Å². The van der Waals surface area contributed by atoms with Gasteiger partial charge in [0.1, 0.15) is 18.8 Å². The zero-order chi connectivity index (χ0) is 29.0. The number of hydrogen-bond donors (Lipinski definition) is 4. The standard InChI is InChI=1S/C29H34O11/c1-14-17(31)11-26(25(3,4)35)20(14)29(36)24(34)38-12-27(29)18(32)10-19-28(13-37-19,40-15(2)30)21(27)22(26)39-23(33)16-8-6-5-7-9-16/h5-9,17-19,21-22,31-32,35-36H,10-13H2,1-4H3/t17-,18-,19+,21-,22-,26-,27+,28-,29+/m0/s1. The molecule has 1 aromatic rings. The largest absolute Gasteiger partial charge is 0.462 e. The quantitative estimate of drug-likeness (QED) is 0.230. The van der Waals surface area contributed by atoms with E-state index in [2.05, 4.69) is 0 Å². The van der Waals surface area contributed by atoms with E-state index in [9.17, 15) is 34.8 Å². The van der Waals surface area contributed by atoms with Crippen molar-refractivity contribution in [1.82, 2.24) is 0 Å². The minimum atomic E-state index is -2.54. The fourth-order valence-corrected chi connectivity index (χ4v) is 8.56. The second-order valence-electron chi connectivity index (χ2n) is 12.4. The Kier molecular flexibility index (Phi) is 5.71. The van der Waals surface area contributed by atoms with Crippen LogP contribution in [0.15, 0.2) is 41.5 Å². The van der Waals surface area contributed by atoms with E-state index in [1.54, 1.807) is 30.3 Å². The molecule has 216 valence electrons. The first kappa shape index (κ1) is 27.3. The van der Waals surface area contributed by atoms with Crippen LogP contribution in [0.4, 0.5) is 0 Å². The predicted octanol–water partition coefficient (Wildman–Crippen LogP) is 0.420. The van der Waals surface area contributed by atoms with Gasteiger partial charge in [0, 0.05) is 13.3 Å². The first-order valence-electron chi connectivity index (χ1n) is 13.5. The zero-order valence-corrected chi connectivity index (χ0v) is 22.7. The number of hydrogen-bond acceptors (Lipinski definition) is 11. The van der Waals surface area contributed by atoms with Crippen LogP contribution in [-0.2, 0) is 28.5 Å². The highest BCUT2D eigenvalue weighted by Crippen LogP contribution is 2.74. The van der Waals surface area contributed by atoms with Crippen molar-refractivity contribution >= 4 is 17.9 Å². The maximum Gasteiger partial charge on any atom is 0.343 e. The number of aliphatic hydroxyl groups is 4. The van der Waals surface area contributed by atoms with Gasteiger partial charge in [0.2, 0.25) is 0 Å². The third kappa shape index (κ3) is 2.99. The highest BCUT2D eigenvalue weighted by Gasteiger charge is 2.88. The van der Waals surface area contributed by atoms with Gasteiger partial charge in [-0.05, 0) is 50.5 Å². The van der Waals surface area contributed by atoms with E-state index in [1.807, 2.05) is 0 Å². The summed E-state index contributed by atoms with van der Waals surface area (Å²) < 4.78 is 23.5. The highest BCUT2D eigenvalue weighted by molar-refractivity contribution is 5.91. The van der Waals surface area contributed by atoms with Crippen LogP contribution >= 0.6 is 0 Å². The number of esters is 3. The molecular weight excluding hydrogens is 524 g/mol. The molecule has 0 unspecified atom stereocenters. The molecule has 4 N–H and O–H groups in total. The second-order valence-corrected chi connectivity index (χ2v) is 12.4. The molecule has 2 saturated heterocycles. The molecule has 2 saturated carbocycles. The fourth-order valence-electron chi connectivity index (χ4n) is 8.56. The van der Waals surface area contributed by atoms with Crippen LogP contribution < -0.4 is 0 Å². The number of cyclic esters (lactones) is 1. The van der Waals surface area contributed by atoms with Gasteiger partial charge in [-0.25, -0.2) is 9.59 Å². The second kappa shape index (κ2) is 8.36. The van der Waals surface area contributed by atoms with Crippen molar-refractivity contribution < 1.29 is 53.8 Å². The number of fused-ring (bicyclic) bond motifs is 4. The number of aliphatic hydroxyl groups excluding tert-OH is 2. The van der Waals surface area contributed by atoms with E-state index < -0.39 is 82.5 Å². The maximum absolute atomic E-state index is 13.7. The number of carbonyl (C=O) groups excluding carboxylic acids is 3. The average Bonchev–Trinajstić information content (AvgIpc) is 3.31. The summed E-state index contributed by atoms with van der Waals surface area (Å²) in [7, 11) is 0. The van der Waals surface area contributed by atoms with E-state index in [-0.39, 0.29) is 36.2 Å². The Morgan fingerprint density at radius 1 is 1.12 bits per heavy atom. The maximum atomic E-state index is 13.7. The van der Waals surface area contributed by atoms with Crippen LogP contribution in [0.5, 0.6) is 0 Å². The summed E-state index contributed by atoms with van der Waals surface area (Å²) in [5.74, 6) is -3.78. The molecule has 5 aliphatic rings. The van der Waals surface area contributed by atoms with Gasteiger partial charge in [0.05, 0.1) is 46.7 Å². The van der Waals surface area contributed by atoms with Crippen LogP contribution in [0.1, 0.15) is 50.9 Å². The predicted molar refractivity (Wildman–Crippen MR) is 134 cm³/mol. The Labute approximate surface area is 230 Å². The van der Waals surface area contributed by atoms with Crippen LogP contribution in [0.25, 0.3) is 0 Å². The lowest BCUT2D eigenvalue weighted by Crippen LogP contribution is -2.85. The summed E-state index contributed by atoms with van der Waals surface area (Å²) >= 11 is 0. The van der Waals surface area contributed by atoms with Gasteiger partial charge in [-0.2, -0.15) is 0 Å². The number of benzene rings is 1. The smallest absolute Gasteiger partial charge is 0.343 e. The van der Waals surface area contributed by atoms with Gasteiger partial charge in [-0.1, -0.05) is 18.2 Å². The van der Waals surface area contributed by atoms with Crippen molar-refractivity contribution in [3.63, 3.8) is 0 Å². The monoisotopic (exact) mass is 558 g/mol. The van der Waals surface area contributed by atoms with Crippen molar-refractivity contribution in [3.8, 4) is 0 Å². The zero-order valence-electron chi connectivity index (χ0n) is 22.7. The molecule has 1 spiro atoms. The van der Waals surface area contributed by atoms with E-state index in [0.717, 1.165) is 0 Å². The van der Waals surface area contributed by atoms with Gasteiger partial charge in [-0.3, -0.25) is 4.79 Å². The molecule has 0 bridgehead atoms. The summed E-state index contributed by atoms with van der Waals surface area (Å²) in [5, 5.41) is 47.5. The molecule has 1 aromatic carbocycles. The van der Waals surface area contributed by atoms with Crippen molar-refractivity contribution in [2.24, 2.45) is 16.7 Å². The van der Waals surface area contributed by atoms with Gasteiger partial charge in [-0.15, -0.1) is 0 Å². The number of rotatable bonds is 4. The normalized spacial score (nSPS) is 43.5. The van der Waals surface area contributed by atoms with E-state index in [0.29, 0.717) is 0 Å². The summed E-state index contributed by atoms with van der Waals surface area (Å²) in [6.45, 7) is 5.00. The number of ether oxygens (including phenoxy) is 4. The van der Waals surface area contributed by atoms with Gasteiger partial charge in [0.25, 0.3) is 0 Å². The van der Waals surface area contributed by atoms with Crippen LogP contribution in [0.3, 0.4) is 0 Å². The topological polar surface area (TPSA) is 169 Å². The van der Waals surface area contributed by atoms with Crippen molar-refractivity contribution in [1.29, 1.82) is 0 Å². The van der Waals surface area contributed by atoms with Crippen LogP contribution in [0.2, 0.25) is 0 Å². The first-order chi connectivity index (χ1) is 18.7. The Morgan fingerprint density at radius 3 is 2.38 bits per heavy atom. The van der Waals surface area contributed by atoms with Crippen molar-refractivity contribution in [2.45, 2.75) is 81.8 Å². The lowest BCUT2D eigenvalue weighted by Gasteiger charge is -2.70. The molecule has 4 fully saturated rings. The average molecular weight is 559 g/mol. The molecule has 40 heavy (non-hydrogen) atoms. The molecule has 0 amide bonds. The SMILES string of the molecule is CC(=O)O[C@@]12CO[C@@H]1C[C@H](O)[C@@]13COC(=O)[C@]1(O)C1=C(C)[C@@H](O)C[C@@]1(C(C)(C)O)[C@@H](OC(=O)c1ccccc1)[C@H]23. The van der Waals surface area contributed by atoms with E-state index in [1.165, 1.54) is 27.7 Å². The van der Waals surface area contributed by atoms with Crippen LogP contribution in [0, 0.1) is 16.7 Å². The van der Waals surface area contributed by atoms with Gasteiger partial charge < -0.3 is 39.4 Å². The molecule has 11 heteroatoms. The van der Waals surface area contributed by atoms with Gasteiger partial charge >= 0.3 is 17.9 Å². The Morgan fingerprint density at radius 2 is 1.80 bits per heavy atom. The fraction of sp³-hybridized carbons (Fsp3) is 0.621. The summed E-state index contributed by atoms with van der Waals surface area (Å²) in [4.78, 5) is 39.9. The third-order valence-corrected chi connectivity index (χ3v) is 10.3. The molecule has 9 atom stereocenters. The Hall–Kier alpha value is -2.83. The first-order valence-corrected chi connectivity index (χ1v) is 13.5. The van der Waals surface area contributed by atoms with Gasteiger partial charge in [0.15, 0.2) is 11.2 Å². The van der Waals surface area contributed by atoms with Crippen molar-refractivity contribution in [3.05, 3.63) is 47.0 Å². The summed E-state index contributed by atoms with van der Waals surface area (Å²) in [6.07, 6.45) is -5.24. The lowest BCUT2D eigenvalue weighted by atomic mass is 9.38. The molecule has 6 rings (SSSR count). The lowest BCUT2D eigenvalue weighted by molar-refractivity contribution is -0.368.